The van der Waals surface area contributed by atoms with Gasteiger partial charge in [-0.25, -0.2) is 14.4 Å². The van der Waals surface area contributed by atoms with Crippen LogP contribution in [0.1, 0.15) is 26.3 Å². The first-order valence-electron chi connectivity index (χ1n) is 12.4. The fourth-order valence-corrected chi connectivity index (χ4v) is 4.43. The Morgan fingerprint density at radius 1 is 0.949 bits per heavy atom. The van der Waals surface area contributed by atoms with Crippen molar-refractivity contribution in [1.29, 1.82) is 0 Å². The summed E-state index contributed by atoms with van der Waals surface area (Å²) in [6.45, 7) is 5.21. The van der Waals surface area contributed by atoms with Gasteiger partial charge in [0.25, 0.3) is 0 Å². The van der Waals surface area contributed by atoms with Gasteiger partial charge in [-0.1, -0.05) is 18.2 Å². The van der Waals surface area contributed by atoms with E-state index in [1.54, 1.807) is 57.3 Å². The number of benzene rings is 3. The maximum Gasteiger partial charge on any atom is 0.408 e. The number of carbonyl (C=O) groups is 2. The first kappa shape index (κ1) is 25.8. The van der Waals surface area contributed by atoms with E-state index in [-0.39, 0.29) is 17.8 Å². The molecule has 39 heavy (non-hydrogen) atoms. The van der Waals surface area contributed by atoms with Crippen molar-refractivity contribution < 1.29 is 28.2 Å². The molecule has 0 aliphatic carbocycles. The minimum atomic E-state index is -1.05. The van der Waals surface area contributed by atoms with Crippen LogP contribution in [-0.2, 0) is 16.0 Å². The lowest BCUT2D eigenvalue weighted by Crippen LogP contribution is -2.46. The molecule has 0 aliphatic heterocycles. The van der Waals surface area contributed by atoms with Crippen LogP contribution in [0.5, 0.6) is 11.5 Å². The van der Waals surface area contributed by atoms with Crippen molar-refractivity contribution in [3.63, 3.8) is 0 Å². The van der Waals surface area contributed by atoms with E-state index in [9.17, 15) is 14.4 Å². The van der Waals surface area contributed by atoms with Gasteiger partial charge in [0.1, 0.15) is 28.7 Å². The number of amides is 1. The number of carbonyl (C=O) groups excluding carboxylic acids is 2. The van der Waals surface area contributed by atoms with Gasteiger partial charge in [-0.15, -0.1) is 0 Å². The third-order valence-electron chi connectivity index (χ3n) is 6.19. The highest BCUT2D eigenvalue weighted by Crippen LogP contribution is 2.29. The number of aromatic amines is 1. The van der Waals surface area contributed by atoms with Crippen LogP contribution in [0.4, 0.5) is 4.79 Å². The largest absolute Gasteiger partial charge is 0.497 e. The molecule has 3 aromatic carbocycles. The summed E-state index contributed by atoms with van der Waals surface area (Å²) < 4.78 is 21.8. The normalized spacial score (nSPS) is 12.4. The van der Waals surface area contributed by atoms with Crippen LogP contribution < -0.4 is 20.4 Å². The fraction of sp³-hybridized carbons (Fsp3) is 0.233. The third kappa shape index (κ3) is 5.57. The van der Waals surface area contributed by atoms with E-state index in [1.165, 1.54) is 13.2 Å². The number of esters is 1. The van der Waals surface area contributed by atoms with E-state index in [1.807, 2.05) is 24.3 Å². The van der Waals surface area contributed by atoms with E-state index in [4.69, 9.17) is 18.6 Å². The topological polar surface area (TPSA) is 120 Å². The first-order chi connectivity index (χ1) is 18.6. The number of fused-ring (bicyclic) bond motifs is 4. The van der Waals surface area contributed by atoms with Gasteiger partial charge in [-0.3, -0.25) is 0 Å². The van der Waals surface area contributed by atoms with Crippen LogP contribution in [0.15, 0.2) is 76.1 Å². The van der Waals surface area contributed by atoms with E-state index < -0.39 is 29.3 Å². The molecule has 2 heterocycles. The Bertz CT molecular complexity index is 1760. The highest BCUT2D eigenvalue weighted by molar-refractivity contribution is 6.05. The smallest absolute Gasteiger partial charge is 0.408 e. The van der Waals surface area contributed by atoms with Gasteiger partial charge < -0.3 is 28.9 Å². The number of nitrogens with one attached hydrogen (secondary N) is 2. The zero-order valence-corrected chi connectivity index (χ0v) is 22.0. The zero-order chi connectivity index (χ0) is 27.7. The molecule has 1 amide bonds. The molecule has 0 radical (unpaired) electrons. The van der Waals surface area contributed by atoms with Crippen LogP contribution >= 0.6 is 0 Å². The van der Waals surface area contributed by atoms with Crippen LogP contribution in [0.2, 0.25) is 0 Å². The van der Waals surface area contributed by atoms with Gasteiger partial charge in [-0.2, -0.15) is 0 Å². The molecule has 2 aromatic heterocycles. The Hall–Kier alpha value is -4.79. The second-order valence-electron chi connectivity index (χ2n) is 10.1. The second-order valence-corrected chi connectivity index (χ2v) is 10.1. The van der Waals surface area contributed by atoms with Gasteiger partial charge >= 0.3 is 17.7 Å². The fourth-order valence-electron chi connectivity index (χ4n) is 4.43. The lowest BCUT2D eigenvalue weighted by atomic mass is 10.0. The van der Waals surface area contributed by atoms with Gasteiger partial charge in [-0.05, 0) is 62.7 Å². The Morgan fingerprint density at radius 3 is 2.46 bits per heavy atom. The van der Waals surface area contributed by atoms with Crippen molar-refractivity contribution in [3.05, 3.63) is 82.8 Å². The Morgan fingerprint density at radius 2 is 1.69 bits per heavy atom. The van der Waals surface area contributed by atoms with Gasteiger partial charge in [0.15, 0.2) is 0 Å². The van der Waals surface area contributed by atoms with E-state index in [2.05, 4.69) is 10.3 Å². The maximum absolute atomic E-state index is 13.4. The summed E-state index contributed by atoms with van der Waals surface area (Å²) in [6, 6.07) is 16.6. The first-order valence-corrected chi connectivity index (χ1v) is 12.4. The number of hydrogen-bond acceptors (Lipinski definition) is 7. The Balaban J connectivity index is 1.44. The molecular weight excluding hydrogens is 500 g/mol. The number of ether oxygens (including phenoxy) is 3. The average molecular weight is 529 g/mol. The average Bonchev–Trinajstić information content (AvgIpc) is 3.29. The van der Waals surface area contributed by atoms with Crippen molar-refractivity contribution in [1.82, 2.24) is 10.3 Å². The van der Waals surface area contributed by atoms with E-state index in [0.717, 1.165) is 16.5 Å². The minimum absolute atomic E-state index is 0.164. The van der Waals surface area contributed by atoms with Crippen molar-refractivity contribution in [2.75, 3.05) is 7.11 Å². The zero-order valence-electron chi connectivity index (χ0n) is 22.0. The molecule has 9 heteroatoms. The predicted molar refractivity (Wildman–Crippen MR) is 147 cm³/mol. The molecule has 200 valence electrons. The number of H-pyrrole nitrogens is 1. The summed E-state index contributed by atoms with van der Waals surface area (Å²) in [5.41, 5.74) is 0.711. The van der Waals surface area contributed by atoms with Gasteiger partial charge in [0.05, 0.1) is 12.5 Å². The number of rotatable bonds is 6. The van der Waals surface area contributed by atoms with Crippen LogP contribution in [0.25, 0.3) is 32.6 Å². The molecule has 1 unspecified atom stereocenters. The molecule has 0 fully saturated rings. The van der Waals surface area contributed by atoms with Gasteiger partial charge in [0, 0.05) is 40.4 Å². The third-order valence-corrected chi connectivity index (χ3v) is 6.19. The molecular formula is C30H28N2O7. The molecule has 0 saturated carbocycles. The highest BCUT2D eigenvalue weighted by Gasteiger charge is 2.27. The Labute approximate surface area is 223 Å². The summed E-state index contributed by atoms with van der Waals surface area (Å²) in [7, 11) is 1.52. The summed E-state index contributed by atoms with van der Waals surface area (Å²) in [4.78, 5) is 41.7. The van der Waals surface area contributed by atoms with Crippen LogP contribution in [0.3, 0.4) is 0 Å². The summed E-state index contributed by atoms with van der Waals surface area (Å²) in [5.74, 6) is 0.00946. The molecule has 5 rings (SSSR count). The summed E-state index contributed by atoms with van der Waals surface area (Å²) in [6.07, 6.45) is 1.22. The van der Waals surface area contributed by atoms with Crippen molar-refractivity contribution in [3.8, 4) is 11.5 Å². The number of methoxy groups -OCH3 is 1. The van der Waals surface area contributed by atoms with Crippen molar-refractivity contribution >= 4 is 44.7 Å². The SMILES string of the molecule is COc1ccc2c(c1)c(=O)oc1cc(OC(=O)C(Cc3c[nH]c4ccccc34)NC(=O)OC(C)(C)C)ccc12. The van der Waals surface area contributed by atoms with Crippen molar-refractivity contribution in [2.45, 2.75) is 38.8 Å². The van der Waals surface area contributed by atoms with Crippen LogP contribution in [0, 0.1) is 0 Å². The molecule has 1 atom stereocenters. The molecule has 5 aromatic rings. The molecule has 0 aliphatic rings. The van der Waals surface area contributed by atoms with Crippen molar-refractivity contribution in [2.24, 2.45) is 0 Å². The highest BCUT2D eigenvalue weighted by atomic mass is 16.6. The quantitative estimate of drug-likeness (QED) is 0.130. The lowest BCUT2D eigenvalue weighted by molar-refractivity contribution is -0.136. The number of para-hydroxylation sites is 1. The summed E-state index contributed by atoms with van der Waals surface area (Å²) in [5, 5.41) is 5.31. The molecule has 9 nitrogen and oxygen atoms in total. The number of alkyl carbamates (subject to hydrolysis) is 1. The number of hydrogen-bond donors (Lipinski definition) is 2. The monoisotopic (exact) mass is 528 g/mol. The van der Waals surface area contributed by atoms with E-state index >= 15 is 0 Å². The molecule has 0 spiro atoms. The molecule has 0 bridgehead atoms. The molecule has 2 N–H and O–H groups in total. The Kier molecular flexibility index (Phi) is 6.74. The van der Waals surface area contributed by atoms with E-state index in [0.29, 0.717) is 21.9 Å². The summed E-state index contributed by atoms with van der Waals surface area (Å²) >= 11 is 0. The standard InChI is InChI=1S/C30H28N2O7/c1-30(2,3)39-29(35)32-25(13-17-16-31-24-8-6-5-7-20(17)24)28(34)37-19-10-12-22-21-11-9-18(36-4)14-23(21)27(33)38-26(22)15-19/h5-12,14-16,25,31H,13H2,1-4H3,(H,32,35). The maximum atomic E-state index is 13.4. The minimum Gasteiger partial charge on any atom is -0.497 e. The molecule has 0 saturated heterocycles. The van der Waals surface area contributed by atoms with Gasteiger partial charge in [0.2, 0.25) is 0 Å². The lowest BCUT2D eigenvalue weighted by Gasteiger charge is -2.23. The second kappa shape index (κ2) is 10.2. The predicted octanol–water partition coefficient (Wildman–Crippen LogP) is 5.48. The van der Waals surface area contributed by atoms with Crippen LogP contribution in [-0.4, -0.2) is 35.8 Å². The number of aromatic nitrogens is 1.